The molecule has 9 heteroatoms. The van der Waals surface area contributed by atoms with E-state index in [1.165, 1.54) is 0 Å². The van der Waals surface area contributed by atoms with Gasteiger partial charge in [0.1, 0.15) is 5.92 Å². The molecule has 2 aromatic carbocycles. The van der Waals surface area contributed by atoms with Gasteiger partial charge in [0.05, 0.1) is 12.8 Å². The van der Waals surface area contributed by atoms with Crippen molar-refractivity contribution in [1.82, 2.24) is 5.01 Å². The van der Waals surface area contributed by atoms with Gasteiger partial charge in [-0.3, -0.25) is 14.4 Å². The Morgan fingerprint density at radius 3 is 2.23 bits per heavy atom. The lowest BCUT2D eigenvalue weighted by molar-refractivity contribution is -0.133. The van der Waals surface area contributed by atoms with Gasteiger partial charge in [-0.1, -0.05) is 33.6 Å². The Kier molecular flexibility index (Phi) is 4.98. The fourth-order valence-corrected chi connectivity index (χ4v) is 3.79. The van der Waals surface area contributed by atoms with Crippen LogP contribution in [-0.2, 0) is 19.1 Å². The first-order chi connectivity index (χ1) is 14.3. The minimum Gasteiger partial charge on any atom is -0.464 e. The van der Waals surface area contributed by atoms with E-state index < -0.39 is 35.7 Å². The van der Waals surface area contributed by atoms with Gasteiger partial charge in [-0.2, -0.15) is 5.10 Å². The topological polar surface area (TPSA) is 96.3 Å². The van der Waals surface area contributed by atoms with Crippen molar-refractivity contribution < 1.29 is 23.9 Å². The lowest BCUT2D eigenvalue weighted by Crippen LogP contribution is -2.42. The number of imide groups is 1. The fourth-order valence-electron chi connectivity index (χ4n) is 3.53. The summed E-state index contributed by atoms with van der Waals surface area (Å²) in [4.78, 5) is 52.7. The molecule has 2 heterocycles. The summed E-state index contributed by atoms with van der Waals surface area (Å²) in [6, 6.07) is 12.0. The molecule has 1 saturated heterocycles. The van der Waals surface area contributed by atoms with E-state index in [1.54, 1.807) is 48.5 Å². The van der Waals surface area contributed by atoms with Crippen molar-refractivity contribution in [3.05, 3.63) is 64.1 Å². The number of aryl methyl sites for hydroxylation is 1. The number of rotatable bonds is 3. The van der Waals surface area contributed by atoms with Gasteiger partial charge in [-0.15, -0.1) is 0 Å². The third kappa shape index (κ3) is 3.11. The molecule has 0 spiro atoms. The second-order valence-electron chi connectivity index (χ2n) is 6.90. The number of nitrogens with zero attached hydrogens (tertiary/aromatic N) is 3. The molecular formula is C21H16BrN3O5. The zero-order chi connectivity index (χ0) is 21.6. The minimum absolute atomic E-state index is 0.263. The number of ether oxygens (including phenoxy) is 1. The molecule has 0 unspecified atom stereocenters. The average Bonchev–Trinajstić information content (AvgIpc) is 3.25. The molecule has 2 aromatic rings. The second-order valence-corrected chi connectivity index (χ2v) is 7.82. The van der Waals surface area contributed by atoms with E-state index in [4.69, 9.17) is 4.74 Å². The van der Waals surface area contributed by atoms with E-state index in [9.17, 15) is 19.2 Å². The molecule has 30 heavy (non-hydrogen) atoms. The summed E-state index contributed by atoms with van der Waals surface area (Å²) in [5, 5.41) is 4.94. The van der Waals surface area contributed by atoms with Crippen molar-refractivity contribution in [2.24, 2.45) is 11.0 Å². The van der Waals surface area contributed by atoms with Crippen LogP contribution in [0.2, 0.25) is 0 Å². The summed E-state index contributed by atoms with van der Waals surface area (Å²) in [5.74, 6) is -3.91. The highest BCUT2D eigenvalue weighted by Gasteiger charge is 2.60. The van der Waals surface area contributed by atoms with E-state index in [0.29, 0.717) is 5.69 Å². The van der Waals surface area contributed by atoms with Crippen LogP contribution < -0.4 is 4.90 Å². The van der Waals surface area contributed by atoms with Crippen LogP contribution in [0.4, 0.5) is 5.69 Å². The number of halogens is 1. The summed E-state index contributed by atoms with van der Waals surface area (Å²) in [6.45, 7) is 1.88. The number of hydrogen-bond acceptors (Lipinski definition) is 6. The molecule has 0 bridgehead atoms. The number of esters is 1. The van der Waals surface area contributed by atoms with Gasteiger partial charge in [0.2, 0.25) is 5.91 Å². The average molecular weight is 470 g/mol. The van der Waals surface area contributed by atoms with Crippen LogP contribution in [0.25, 0.3) is 0 Å². The number of carbonyl (C=O) groups excluding carboxylic acids is 4. The Balaban J connectivity index is 1.76. The SMILES string of the molecule is COC(=O)C1=NN(C(=O)c2ccc(Br)cc2)[C@@H]2C(=O)N(c3ccc(C)cc3)C(=O)[C@@H]12. The molecule has 0 radical (unpaired) electrons. The van der Waals surface area contributed by atoms with Crippen molar-refractivity contribution in [3.63, 3.8) is 0 Å². The summed E-state index contributed by atoms with van der Waals surface area (Å²) in [6.07, 6.45) is 0. The van der Waals surface area contributed by atoms with Crippen molar-refractivity contribution in [2.45, 2.75) is 13.0 Å². The van der Waals surface area contributed by atoms with Crippen molar-refractivity contribution in [1.29, 1.82) is 0 Å². The molecule has 3 amide bonds. The van der Waals surface area contributed by atoms with Gasteiger partial charge in [0, 0.05) is 10.0 Å². The van der Waals surface area contributed by atoms with Gasteiger partial charge in [0.15, 0.2) is 11.8 Å². The van der Waals surface area contributed by atoms with Gasteiger partial charge < -0.3 is 4.74 Å². The van der Waals surface area contributed by atoms with Crippen LogP contribution in [0.1, 0.15) is 15.9 Å². The number of hydrazone groups is 1. The lowest BCUT2D eigenvalue weighted by atomic mass is 9.97. The first kappa shape index (κ1) is 20.0. The van der Waals surface area contributed by atoms with Crippen LogP contribution in [-0.4, -0.2) is 47.6 Å². The Morgan fingerprint density at radius 1 is 1.00 bits per heavy atom. The van der Waals surface area contributed by atoms with Crippen molar-refractivity contribution in [3.8, 4) is 0 Å². The number of methoxy groups -OCH3 is 1. The number of fused-ring (bicyclic) bond motifs is 1. The first-order valence-electron chi connectivity index (χ1n) is 9.04. The van der Waals surface area contributed by atoms with E-state index in [0.717, 1.165) is 27.1 Å². The highest BCUT2D eigenvalue weighted by Crippen LogP contribution is 2.36. The molecule has 1 fully saturated rings. The molecule has 0 aliphatic carbocycles. The standard InChI is InChI=1S/C21H16BrN3O5/c1-11-3-9-14(10-4-11)24-19(27)15-16(21(29)30-2)23-25(17(15)20(24)28)18(26)12-5-7-13(22)8-6-12/h3-10,15,17H,1-2H3/t15-,17-/m0/s1. The predicted molar refractivity (Wildman–Crippen MR) is 111 cm³/mol. The molecule has 2 atom stereocenters. The monoisotopic (exact) mass is 469 g/mol. The number of amides is 3. The molecule has 2 aliphatic rings. The van der Waals surface area contributed by atoms with Crippen LogP contribution >= 0.6 is 15.9 Å². The van der Waals surface area contributed by atoms with E-state index in [1.807, 2.05) is 6.92 Å². The van der Waals surface area contributed by atoms with E-state index >= 15 is 0 Å². The second kappa shape index (κ2) is 7.49. The Bertz CT molecular complexity index is 1090. The van der Waals surface area contributed by atoms with Gasteiger partial charge in [-0.25, -0.2) is 14.7 Å². The normalized spacial score (nSPS) is 20.3. The first-order valence-corrected chi connectivity index (χ1v) is 9.83. The Morgan fingerprint density at radius 2 is 1.63 bits per heavy atom. The maximum absolute atomic E-state index is 13.2. The zero-order valence-corrected chi connectivity index (χ0v) is 17.6. The predicted octanol–water partition coefficient (Wildman–Crippen LogP) is 2.30. The molecule has 4 rings (SSSR count). The largest absolute Gasteiger partial charge is 0.464 e. The van der Waals surface area contributed by atoms with Gasteiger partial charge in [0.25, 0.3) is 11.8 Å². The van der Waals surface area contributed by atoms with E-state index in [2.05, 4.69) is 21.0 Å². The van der Waals surface area contributed by atoms with Crippen LogP contribution in [0, 0.1) is 12.8 Å². The Hall–Kier alpha value is -3.33. The third-order valence-corrected chi connectivity index (χ3v) is 5.56. The lowest BCUT2D eigenvalue weighted by Gasteiger charge is -2.20. The minimum atomic E-state index is -1.25. The third-order valence-electron chi connectivity index (χ3n) is 5.04. The number of carbonyl (C=O) groups is 4. The molecule has 152 valence electrons. The van der Waals surface area contributed by atoms with Crippen LogP contribution in [0.5, 0.6) is 0 Å². The quantitative estimate of drug-likeness (QED) is 0.507. The molecule has 2 aliphatic heterocycles. The molecule has 0 saturated carbocycles. The highest BCUT2D eigenvalue weighted by atomic mass is 79.9. The summed E-state index contributed by atoms with van der Waals surface area (Å²) in [7, 11) is 1.15. The number of anilines is 1. The van der Waals surface area contributed by atoms with Gasteiger partial charge in [-0.05, 0) is 43.3 Å². The summed E-state index contributed by atoms with van der Waals surface area (Å²) < 4.78 is 5.51. The molecule has 0 N–H and O–H groups in total. The molecular weight excluding hydrogens is 454 g/mol. The van der Waals surface area contributed by atoms with Crippen molar-refractivity contribution >= 4 is 51.0 Å². The zero-order valence-electron chi connectivity index (χ0n) is 16.0. The summed E-state index contributed by atoms with van der Waals surface area (Å²) in [5.41, 5.74) is 1.33. The molecule has 8 nitrogen and oxygen atoms in total. The smallest absolute Gasteiger partial charge is 0.355 e. The van der Waals surface area contributed by atoms with Crippen LogP contribution in [0.3, 0.4) is 0 Å². The number of hydrogen-bond donors (Lipinski definition) is 0. The fraction of sp³-hybridized carbons (Fsp3) is 0.190. The summed E-state index contributed by atoms with van der Waals surface area (Å²) >= 11 is 3.30. The maximum Gasteiger partial charge on any atom is 0.355 e. The highest BCUT2D eigenvalue weighted by molar-refractivity contribution is 9.10. The van der Waals surface area contributed by atoms with Crippen molar-refractivity contribution in [2.75, 3.05) is 12.0 Å². The van der Waals surface area contributed by atoms with Crippen LogP contribution in [0.15, 0.2) is 58.1 Å². The molecule has 0 aromatic heterocycles. The Labute approximate surface area is 180 Å². The van der Waals surface area contributed by atoms with E-state index in [-0.39, 0.29) is 11.3 Å². The van der Waals surface area contributed by atoms with Gasteiger partial charge >= 0.3 is 5.97 Å². The number of benzene rings is 2. The maximum atomic E-state index is 13.2.